The normalized spacial score (nSPS) is 13.9. The van der Waals surface area contributed by atoms with Crippen molar-refractivity contribution < 1.29 is 13.6 Å². The van der Waals surface area contributed by atoms with Crippen LogP contribution >= 0.6 is 11.6 Å². The molecule has 24 heavy (non-hydrogen) atoms. The Bertz CT molecular complexity index is 856. The molecule has 0 bridgehead atoms. The molecule has 1 aromatic carbocycles. The summed E-state index contributed by atoms with van der Waals surface area (Å²) in [6.45, 7) is 0.270. The first-order valence-corrected chi connectivity index (χ1v) is 8.00. The molecule has 0 saturated heterocycles. The Labute approximate surface area is 143 Å². The van der Waals surface area contributed by atoms with Gasteiger partial charge in [0.05, 0.1) is 29.0 Å². The highest BCUT2D eigenvalue weighted by molar-refractivity contribution is 6.33. The molecule has 0 unspecified atom stereocenters. The van der Waals surface area contributed by atoms with Crippen molar-refractivity contribution in [1.82, 2.24) is 15.1 Å². The fourth-order valence-electron chi connectivity index (χ4n) is 2.51. The first-order chi connectivity index (χ1) is 11.7. The molecule has 2 heterocycles. The van der Waals surface area contributed by atoms with Crippen molar-refractivity contribution in [2.24, 2.45) is 0 Å². The minimum atomic E-state index is -0.0938. The number of nitrogens with zero attached hydrogens (tertiary/aromatic N) is 3. The van der Waals surface area contributed by atoms with E-state index in [9.17, 15) is 4.79 Å². The van der Waals surface area contributed by atoms with Crippen LogP contribution in [0.5, 0.6) is 0 Å². The highest BCUT2D eigenvalue weighted by Gasteiger charge is 2.34. The number of furan rings is 1. The van der Waals surface area contributed by atoms with E-state index >= 15 is 0 Å². The topological polar surface area (TPSA) is 72.4 Å². The van der Waals surface area contributed by atoms with Crippen molar-refractivity contribution in [2.45, 2.75) is 25.4 Å². The largest absolute Gasteiger partial charge is 0.472 e. The molecule has 6 nitrogen and oxygen atoms in total. The zero-order valence-corrected chi connectivity index (χ0v) is 13.4. The summed E-state index contributed by atoms with van der Waals surface area (Å²) in [5.41, 5.74) is 1.20. The van der Waals surface area contributed by atoms with Gasteiger partial charge in [-0.1, -0.05) is 23.7 Å². The summed E-state index contributed by atoms with van der Waals surface area (Å²) >= 11 is 6.15. The first-order valence-electron chi connectivity index (χ1n) is 7.63. The number of rotatable bonds is 5. The van der Waals surface area contributed by atoms with Crippen LogP contribution in [-0.2, 0) is 6.54 Å². The fourth-order valence-corrected chi connectivity index (χ4v) is 2.73. The van der Waals surface area contributed by atoms with E-state index in [4.69, 9.17) is 20.4 Å². The Hall–Kier alpha value is -2.60. The molecule has 0 radical (unpaired) electrons. The Balaban J connectivity index is 1.56. The highest BCUT2D eigenvalue weighted by atomic mass is 35.5. The van der Waals surface area contributed by atoms with E-state index in [1.807, 2.05) is 18.2 Å². The number of hydrogen-bond acceptors (Lipinski definition) is 5. The second kappa shape index (κ2) is 6.13. The van der Waals surface area contributed by atoms with Crippen LogP contribution < -0.4 is 0 Å². The summed E-state index contributed by atoms with van der Waals surface area (Å²) in [6.07, 6.45) is 4.89. The maximum atomic E-state index is 12.6. The molecular weight excluding hydrogens is 330 g/mol. The highest BCUT2D eigenvalue weighted by Crippen LogP contribution is 2.31. The van der Waals surface area contributed by atoms with Gasteiger partial charge in [-0.15, -0.1) is 10.2 Å². The smallest absolute Gasteiger partial charge is 0.257 e. The van der Waals surface area contributed by atoms with Crippen LogP contribution in [0.4, 0.5) is 0 Å². The van der Waals surface area contributed by atoms with E-state index in [1.165, 1.54) is 12.5 Å². The monoisotopic (exact) mass is 343 g/mol. The molecule has 7 heteroatoms. The first kappa shape index (κ1) is 15.0. The molecule has 2 aromatic heterocycles. The number of benzene rings is 1. The van der Waals surface area contributed by atoms with Crippen molar-refractivity contribution in [1.29, 1.82) is 0 Å². The van der Waals surface area contributed by atoms with Gasteiger partial charge in [0.25, 0.3) is 5.91 Å². The lowest BCUT2D eigenvalue weighted by Crippen LogP contribution is -2.32. The lowest BCUT2D eigenvalue weighted by atomic mass is 10.2. The van der Waals surface area contributed by atoms with Crippen molar-refractivity contribution in [3.05, 3.63) is 59.3 Å². The molecule has 0 spiro atoms. The third kappa shape index (κ3) is 2.92. The Morgan fingerprint density at radius 1 is 1.25 bits per heavy atom. The van der Waals surface area contributed by atoms with Crippen LogP contribution in [0.1, 0.15) is 29.1 Å². The quantitative estimate of drug-likeness (QED) is 0.704. The van der Waals surface area contributed by atoms with Crippen LogP contribution in [0.2, 0.25) is 5.02 Å². The van der Waals surface area contributed by atoms with Gasteiger partial charge in [-0.05, 0) is 31.0 Å². The van der Waals surface area contributed by atoms with Gasteiger partial charge in [-0.3, -0.25) is 4.79 Å². The summed E-state index contributed by atoms with van der Waals surface area (Å²) < 4.78 is 10.7. The van der Waals surface area contributed by atoms with E-state index in [1.54, 1.807) is 17.0 Å². The van der Waals surface area contributed by atoms with Gasteiger partial charge in [0, 0.05) is 6.04 Å². The van der Waals surface area contributed by atoms with E-state index < -0.39 is 0 Å². The molecule has 122 valence electrons. The van der Waals surface area contributed by atoms with Gasteiger partial charge < -0.3 is 13.7 Å². The molecule has 1 fully saturated rings. The average molecular weight is 344 g/mol. The molecule has 1 aliphatic rings. The van der Waals surface area contributed by atoms with Crippen molar-refractivity contribution in [3.8, 4) is 11.5 Å². The number of hydrogen-bond donors (Lipinski definition) is 0. The summed E-state index contributed by atoms with van der Waals surface area (Å²) in [5.74, 6) is 0.638. The number of amides is 1. The predicted octanol–water partition coefficient (Wildman–Crippen LogP) is 3.79. The lowest BCUT2D eigenvalue weighted by molar-refractivity contribution is 0.0713. The molecule has 0 aliphatic heterocycles. The SMILES string of the molecule is O=C(c1ccoc1)N(Cc1nnc(-c2ccccc2Cl)o1)C1CC1. The van der Waals surface area contributed by atoms with Gasteiger partial charge in [-0.25, -0.2) is 0 Å². The number of aromatic nitrogens is 2. The predicted molar refractivity (Wildman–Crippen MR) is 86.3 cm³/mol. The number of halogens is 1. The molecule has 1 amide bonds. The molecule has 1 aliphatic carbocycles. The maximum absolute atomic E-state index is 12.6. The average Bonchev–Trinajstić information content (AvgIpc) is 3.10. The molecular formula is C17H14ClN3O3. The lowest BCUT2D eigenvalue weighted by Gasteiger charge is -2.19. The minimum Gasteiger partial charge on any atom is -0.472 e. The van der Waals surface area contributed by atoms with E-state index in [0.717, 1.165) is 12.8 Å². The van der Waals surface area contributed by atoms with Crippen LogP contribution in [0, 0.1) is 0 Å². The summed E-state index contributed by atoms with van der Waals surface area (Å²) in [6, 6.07) is 9.13. The van der Waals surface area contributed by atoms with Crippen LogP contribution in [0.3, 0.4) is 0 Å². The Morgan fingerprint density at radius 2 is 2.08 bits per heavy atom. The second-order valence-electron chi connectivity index (χ2n) is 5.66. The van der Waals surface area contributed by atoms with Crippen LogP contribution in [-0.4, -0.2) is 27.0 Å². The van der Waals surface area contributed by atoms with Gasteiger partial charge in [-0.2, -0.15) is 0 Å². The van der Waals surface area contributed by atoms with Crippen molar-refractivity contribution in [2.75, 3.05) is 0 Å². The summed E-state index contributed by atoms with van der Waals surface area (Å²) in [4.78, 5) is 14.3. The van der Waals surface area contributed by atoms with E-state index in [2.05, 4.69) is 10.2 Å². The van der Waals surface area contributed by atoms with Crippen LogP contribution in [0.15, 0.2) is 51.7 Å². The third-order valence-corrected chi connectivity index (χ3v) is 4.22. The number of carbonyl (C=O) groups is 1. The van der Waals surface area contributed by atoms with Gasteiger partial charge in [0.2, 0.25) is 11.8 Å². The minimum absolute atomic E-state index is 0.0938. The third-order valence-electron chi connectivity index (χ3n) is 3.89. The molecule has 4 rings (SSSR count). The maximum Gasteiger partial charge on any atom is 0.257 e. The van der Waals surface area contributed by atoms with Crippen molar-refractivity contribution in [3.63, 3.8) is 0 Å². The zero-order chi connectivity index (χ0) is 16.5. The fraction of sp³-hybridized carbons (Fsp3) is 0.235. The Morgan fingerprint density at radius 3 is 2.79 bits per heavy atom. The Kier molecular flexibility index (Phi) is 3.82. The van der Waals surface area contributed by atoms with Gasteiger partial charge >= 0.3 is 0 Å². The van der Waals surface area contributed by atoms with Crippen LogP contribution in [0.25, 0.3) is 11.5 Å². The van der Waals surface area contributed by atoms with Gasteiger partial charge in [0.1, 0.15) is 6.26 Å². The molecule has 0 atom stereocenters. The standard InChI is InChI=1S/C17H14ClN3O3/c18-14-4-2-1-3-13(14)16-20-19-15(24-16)9-21(12-5-6-12)17(22)11-7-8-23-10-11/h1-4,7-8,10,12H,5-6,9H2. The molecule has 3 aromatic rings. The summed E-state index contributed by atoms with van der Waals surface area (Å²) in [7, 11) is 0. The van der Waals surface area contributed by atoms with E-state index in [0.29, 0.717) is 27.9 Å². The van der Waals surface area contributed by atoms with Crippen molar-refractivity contribution >= 4 is 17.5 Å². The summed E-state index contributed by atoms with van der Waals surface area (Å²) in [5, 5.41) is 8.64. The molecule has 0 N–H and O–H groups in total. The van der Waals surface area contributed by atoms with Gasteiger partial charge in [0.15, 0.2) is 0 Å². The number of carbonyl (C=O) groups excluding carboxylic acids is 1. The zero-order valence-electron chi connectivity index (χ0n) is 12.7. The second-order valence-corrected chi connectivity index (χ2v) is 6.06. The molecule has 1 saturated carbocycles. The van der Waals surface area contributed by atoms with E-state index in [-0.39, 0.29) is 18.5 Å².